The highest BCUT2D eigenvalue weighted by molar-refractivity contribution is 6.31. The summed E-state index contributed by atoms with van der Waals surface area (Å²) in [4.78, 5) is 21.3. The number of aldehydes is 1. The first kappa shape index (κ1) is 27.1. The van der Waals surface area contributed by atoms with Gasteiger partial charge in [-0.05, 0) is 24.1 Å². The lowest BCUT2D eigenvalue weighted by Gasteiger charge is -2.45. The zero-order valence-electron chi connectivity index (χ0n) is 21.3. The Morgan fingerprint density at radius 2 is 1.78 bits per heavy atom. The van der Waals surface area contributed by atoms with Crippen LogP contribution in [-0.2, 0) is 9.47 Å². The Balaban J connectivity index is 1.62. The first-order valence-electron chi connectivity index (χ1n) is 12.1. The highest BCUT2D eigenvalue weighted by atomic mass is 35.5. The maximum absolute atomic E-state index is 11.5. The van der Waals surface area contributed by atoms with Crippen molar-refractivity contribution in [3.05, 3.63) is 59.7 Å². The lowest BCUT2D eigenvalue weighted by atomic mass is 9.76. The molecule has 10 heteroatoms. The van der Waals surface area contributed by atoms with E-state index in [-0.39, 0.29) is 29.9 Å². The molecule has 0 spiro atoms. The number of hydrogen-bond acceptors (Lipinski definition) is 9. The summed E-state index contributed by atoms with van der Waals surface area (Å²) in [6, 6.07) is 9.92. The Labute approximate surface area is 222 Å². The molecule has 2 heterocycles. The minimum absolute atomic E-state index is 0.00350. The summed E-state index contributed by atoms with van der Waals surface area (Å²) >= 11 is 7.35. The molecule has 1 fully saturated rings. The molecule has 9 nitrogen and oxygen atoms in total. The van der Waals surface area contributed by atoms with E-state index in [2.05, 4.69) is 14.9 Å². The van der Waals surface area contributed by atoms with Crippen molar-refractivity contribution in [3.8, 4) is 17.8 Å². The predicted molar refractivity (Wildman–Crippen MR) is 140 cm³/mol. The number of nitrogens with zero attached hydrogens (tertiary/aromatic N) is 3. The van der Waals surface area contributed by atoms with Gasteiger partial charge in [0.2, 0.25) is 11.8 Å². The van der Waals surface area contributed by atoms with Crippen LogP contribution >= 0.6 is 11.6 Å². The predicted octanol–water partition coefficient (Wildman–Crippen LogP) is 3.42. The first-order chi connectivity index (χ1) is 17.9. The third kappa shape index (κ3) is 5.80. The Bertz CT molecular complexity index is 1110. The zero-order valence-corrected chi connectivity index (χ0v) is 22.1. The van der Waals surface area contributed by atoms with Gasteiger partial charge in [-0.15, -0.1) is 11.6 Å². The molecule has 198 valence electrons. The number of carbonyl (C=O) groups excluding carboxylic acids is 1. The summed E-state index contributed by atoms with van der Waals surface area (Å²) < 4.78 is 28.6. The van der Waals surface area contributed by atoms with Crippen molar-refractivity contribution >= 4 is 23.5 Å². The SMILES string of the molecule is COc1nc(OCC2(OCCN3CCOCC3)C=CC=C(c3ccccc3)C2(C)Cl)nc(OC)c1C=O. The number of alkyl halides is 1. The molecule has 1 aromatic heterocycles. The molecule has 4 rings (SSSR count). The van der Waals surface area contributed by atoms with Crippen molar-refractivity contribution in [1.29, 1.82) is 0 Å². The first-order valence-corrected chi connectivity index (χ1v) is 12.5. The second-order valence-corrected chi connectivity index (χ2v) is 9.60. The number of rotatable bonds is 11. The van der Waals surface area contributed by atoms with Crippen LogP contribution in [0.5, 0.6) is 17.8 Å². The third-order valence-electron chi connectivity index (χ3n) is 6.66. The molecule has 2 aliphatic rings. The van der Waals surface area contributed by atoms with Crippen molar-refractivity contribution in [1.82, 2.24) is 14.9 Å². The fourth-order valence-electron chi connectivity index (χ4n) is 4.48. The van der Waals surface area contributed by atoms with E-state index in [0.29, 0.717) is 26.1 Å². The fraction of sp³-hybridized carbons (Fsp3) is 0.444. The fourth-order valence-corrected chi connectivity index (χ4v) is 4.82. The van der Waals surface area contributed by atoms with Crippen molar-refractivity contribution in [2.45, 2.75) is 17.4 Å². The van der Waals surface area contributed by atoms with Crippen LogP contribution in [0.4, 0.5) is 0 Å². The average molecular weight is 530 g/mol. The van der Waals surface area contributed by atoms with Gasteiger partial charge in [0.05, 0.1) is 34.0 Å². The van der Waals surface area contributed by atoms with Crippen LogP contribution in [-0.4, -0.2) is 91.9 Å². The largest absolute Gasteiger partial charge is 0.480 e. The molecule has 1 aromatic carbocycles. The Kier molecular flexibility index (Phi) is 8.81. The summed E-state index contributed by atoms with van der Waals surface area (Å²) in [5, 5.41) is 0. The van der Waals surface area contributed by atoms with Crippen LogP contribution in [0.2, 0.25) is 0 Å². The van der Waals surface area contributed by atoms with Crippen molar-refractivity contribution in [2.24, 2.45) is 0 Å². The Hall–Kier alpha value is -2.98. The van der Waals surface area contributed by atoms with E-state index in [1.807, 2.05) is 55.5 Å². The van der Waals surface area contributed by atoms with E-state index < -0.39 is 10.5 Å². The molecular formula is C27H32ClN3O6. The van der Waals surface area contributed by atoms with Crippen LogP contribution in [0.25, 0.3) is 5.57 Å². The highest BCUT2D eigenvalue weighted by Crippen LogP contribution is 2.47. The average Bonchev–Trinajstić information content (AvgIpc) is 2.93. The number of hydrogen-bond donors (Lipinski definition) is 0. The number of halogens is 1. The van der Waals surface area contributed by atoms with Crippen LogP contribution < -0.4 is 14.2 Å². The summed E-state index contributed by atoms with van der Waals surface area (Å²) in [6.07, 6.45) is 6.42. The number of benzene rings is 1. The molecule has 2 atom stereocenters. The van der Waals surface area contributed by atoms with Crippen LogP contribution in [0.15, 0.2) is 48.6 Å². The summed E-state index contributed by atoms with van der Waals surface area (Å²) in [5.41, 5.74) is 0.927. The van der Waals surface area contributed by atoms with Gasteiger partial charge < -0.3 is 23.7 Å². The monoisotopic (exact) mass is 529 g/mol. The molecule has 0 N–H and O–H groups in total. The molecule has 1 aliphatic heterocycles. The number of ether oxygens (including phenoxy) is 5. The van der Waals surface area contributed by atoms with Crippen molar-refractivity contribution in [3.63, 3.8) is 0 Å². The van der Waals surface area contributed by atoms with E-state index in [1.165, 1.54) is 14.2 Å². The smallest absolute Gasteiger partial charge is 0.323 e. The van der Waals surface area contributed by atoms with E-state index >= 15 is 0 Å². The second kappa shape index (κ2) is 12.0. The minimum atomic E-state index is -1.06. The van der Waals surface area contributed by atoms with Gasteiger partial charge in [0, 0.05) is 19.6 Å². The van der Waals surface area contributed by atoms with Crippen molar-refractivity contribution < 1.29 is 28.5 Å². The molecule has 1 saturated heterocycles. The normalized spacial score (nSPS) is 23.8. The topological polar surface area (TPSA) is 92.2 Å². The van der Waals surface area contributed by atoms with Gasteiger partial charge in [-0.1, -0.05) is 42.5 Å². The Morgan fingerprint density at radius 3 is 2.41 bits per heavy atom. The molecule has 2 unspecified atom stereocenters. The molecular weight excluding hydrogens is 498 g/mol. The van der Waals surface area contributed by atoms with Crippen LogP contribution in [0.3, 0.4) is 0 Å². The molecule has 1 aliphatic carbocycles. The van der Waals surface area contributed by atoms with Gasteiger partial charge in [-0.2, -0.15) is 9.97 Å². The van der Waals surface area contributed by atoms with Crippen LogP contribution in [0.1, 0.15) is 22.8 Å². The van der Waals surface area contributed by atoms with Gasteiger partial charge in [-0.25, -0.2) is 0 Å². The van der Waals surface area contributed by atoms with Crippen molar-refractivity contribution in [2.75, 3.05) is 60.3 Å². The molecule has 0 amide bonds. The third-order valence-corrected chi connectivity index (χ3v) is 7.18. The summed E-state index contributed by atoms with van der Waals surface area (Å²) in [7, 11) is 2.82. The van der Waals surface area contributed by atoms with Gasteiger partial charge in [-0.3, -0.25) is 9.69 Å². The molecule has 0 bridgehead atoms. The standard InChI is InChI=1S/C27H32ClN3O6/c1-26(28)22(20-8-5-4-6-9-20)10-7-11-27(26,37-17-14-31-12-15-35-16-13-31)19-36-25-29-23(33-2)21(18-32)24(30-25)34-3/h4-11,18H,12-17,19H2,1-3H3. The number of allylic oxidation sites excluding steroid dienone is 2. The number of aromatic nitrogens is 2. The summed E-state index contributed by atoms with van der Waals surface area (Å²) in [6.45, 7) is 6.20. The maximum atomic E-state index is 11.5. The highest BCUT2D eigenvalue weighted by Gasteiger charge is 2.51. The minimum Gasteiger partial charge on any atom is -0.480 e. The number of methoxy groups -OCH3 is 2. The van der Waals surface area contributed by atoms with Gasteiger partial charge in [0.1, 0.15) is 22.6 Å². The van der Waals surface area contributed by atoms with E-state index in [0.717, 1.165) is 30.8 Å². The summed E-state index contributed by atoms with van der Waals surface area (Å²) in [5.74, 6) is 0.105. The van der Waals surface area contributed by atoms with E-state index in [4.69, 9.17) is 35.3 Å². The Morgan fingerprint density at radius 1 is 1.11 bits per heavy atom. The van der Waals surface area contributed by atoms with Gasteiger partial charge >= 0.3 is 6.01 Å². The van der Waals surface area contributed by atoms with Gasteiger partial charge in [0.15, 0.2) is 6.29 Å². The molecule has 0 saturated carbocycles. The molecule has 2 aromatic rings. The molecule has 0 radical (unpaired) electrons. The van der Waals surface area contributed by atoms with Crippen LogP contribution in [0, 0.1) is 0 Å². The quantitative estimate of drug-likeness (QED) is 0.320. The maximum Gasteiger partial charge on any atom is 0.323 e. The lowest BCUT2D eigenvalue weighted by Crippen LogP contribution is -2.56. The lowest BCUT2D eigenvalue weighted by molar-refractivity contribution is -0.0656. The zero-order chi connectivity index (χ0) is 26.3. The number of morpholine rings is 1. The van der Waals surface area contributed by atoms with E-state index in [1.54, 1.807) is 0 Å². The number of carbonyl (C=O) groups is 1. The van der Waals surface area contributed by atoms with Gasteiger partial charge in [0.25, 0.3) is 0 Å². The molecule has 37 heavy (non-hydrogen) atoms. The van der Waals surface area contributed by atoms with E-state index in [9.17, 15) is 4.79 Å². The second-order valence-electron chi connectivity index (χ2n) is 8.85.